The van der Waals surface area contributed by atoms with E-state index in [2.05, 4.69) is 21.8 Å². The van der Waals surface area contributed by atoms with Gasteiger partial charge in [0.05, 0.1) is 40.4 Å². The molecule has 2 unspecified atom stereocenters. The number of halogens is 5. The molecule has 7 heterocycles. The largest absolute Gasteiger partial charge is 0.493 e. The van der Waals surface area contributed by atoms with Crippen molar-refractivity contribution in [3.05, 3.63) is 47.3 Å². The van der Waals surface area contributed by atoms with Crippen LogP contribution in [0.25, 0.3) is 32.1 Å². The van der Waals surface area contributed by atoms with E-state index in [4.69, 9.17) is 24.9 Å². The molecule has 5 saturated heterocycles. The quantitative estimate of drug-likeness (QED) is 0.152. The van der Waals surface area contributed by atoms with E-state index in [1.807, 2.05) is 11.0 Å². The average molecular weight is 811 g/mol. The van der Waals surface area contributed by atoms with Gasteiger partial charge in [-0.3, -0.25) is 4.90 Å². The molecule has 2 aromatic carbocycles. The highest BCUT2D eigenvalue weighted by Crippen LogP contribution is 2.49. The van der Waals surface area contributed by atoms with Crippen LogP contribution in [0.5, 0.6) is 11.8 Å². The van der Waals surface area contributed by atoms with E-state index < -0.39 is 53.5 Å². The Morgan fingerprint density at radius 1 is 1.12 bits per heavy atom. The molecule has 18 heteroatoms. The molecule has 2 bridgehead atoms. The summed E-state index contributed by atoms with van der Waals surface area (Å²) in [6, 6.07) is 4.09. The fraction of sp³-hybridized carbons (Fsp3) is 0.487. The van der Waals surface area contributed by atoms with E-state index in [9.17, 15) is 18.8 Å². The summed E-state index contributed by atoms with van der Waals surface area (Å²) >= 11 is 0.812. The monoisotopic (exact) mass is 810 g/mol. The van der Waals surface area contributed by atoms with E-state index in [0.29, 0.717) is 38.9 Å². The molecule has 0 radical (unpaired) electrons. The number of nitrogen functional groups attached to an aromatic ring is 1. The van der Waals surface area contributed by atoms with Crippen LogP contribution in [-0.2, 0) is 4.74 Å². The van der Waals surface area contributed by atoms with Crippen molar-refractivity contribution in [2.45, 2.75) is 68.1 Å². The Balaban J connectivity index is 1.09. The van der Waals surface area contributed by atoms with Crippen LogP contribution in [0.15, 0.2) is 24.3 Å². The molecule has 0 spiro atoms. The summed E-state index contributed by atoms with van der Waals surface area (Å²) in [6.07, 6.45) is 2.48. The van der Waals surface area contributed by atoms with Crippen molar-refractivity contribution in [3.63, 3.8) is 0 Å². The predicted molar refractivity (Wildman–Crippen MR) is 202 cm³/mol. The number of anilines is 2. The number of ether oxygens (including phenoxy) is 3. The maximum absolute atomic E-state index is 17.3. The van der Waals surface area contributed by atoms with E-state index in [1.54, 1.807) is 0 Å². The number of alkyl halides is 2. The van der Waals surface area contributed by atoms with Crippen LogP contribution in [0.3, 0.4) is 0 Å². The van der Waals surface area contributed by atoms with Crippen molar-refractivity contribution >= 4 is 49.2 Å². The molecule has 0 saturated carbocycles. The van der Waals surface area contributed by atoms with E-state index in [1.165, 1.54) is 13.2 Å². The Kier molecular flexibility index (Phi) is 9.12. The second-order valence-corrected chi connectivity index (χ2v) is 16.8. The lowest BCUT2D eigenvalue weighted by molar-refractivity contribution is 0.00767. The third kappa shape index (κ3) is 6.25. The zero-order valence-electron chi connectivity index (χ0n) is 31.0. The minimum absolute atomic E-state index is 0.00106. The van der Waals surface area contributed by atoms with Crippen molar-refractivity contribution < 1.29 is 41.0 Å². The molecular formula is C39H39F5N8O4S. The minimum Gasteiger partial charge on any atom is -0.493 e. The van der Waals surface area contributed by atoms with Crippen molar-refractivity contribution in [1.82, 2.24) is 25.1 Å². The number of nitrogens with zero attached hydrogens (tertiary/aromatic N) is 6. The summed E-state index contributed by atoms with van der Waals surface area (Å²) in [7, 11) is 1.26. The number of aromatic nitrogens is 2. The summed E-state index contributed by atoms with van der Waals surface area (Å²) in [4.78, 5) is 27.1. The zero-order valence-corrected chi connectivity index (χ0v) is 31.8. The first kappa shape index (κ1) is 37.6. The number of hydrogen-bond acceptors (Lipinski definition) is 12. The minimum atomic E-state index is -2.93. The summed E-state index contributed by atoms with van der Waals surface area (Å²) < 4.78 is 94.3. The zero-order chi connectivity index (χ0) is 40.0. The number of carbonyl (C=O) groups excluding carboxylic acids is 1. The van der Waals surface area contributed by atoms with Gasteiger partial charge in [0.2, 0.25) is 0 Å². The lowest BCUT2D eigenvalue weighted by atomic mass is 9.94. The number of amides is 1. The Morgan fingerprint density at radius 2 is 1.89 bits per heavy atom. The topological polar surface area (TPSA) is 142 Å². The summed E-state index contributed by atoms with van der Waals surface area (Å²) in [5.41, 5.74) is 5.34. The van der Waals surface area contributed by atoms with Gasteiger partial charge < -0.3 is 35.1 Å². The number of likely N-dealkylation sites (tertiary alicyclic amines) is 1. The highest BCUT2D eigenvalue weighted by Gasteiger charge is 2.52. The molecule has 9 rings (SSSR count). The Hall–Kier alpha value is -4.99. The van der Waals surface area contributed by atoms with Crippen molar-refractivity contribution in [2.75, 3.05) is 63.7 Å². The number of nitrogens with two attached hydrogens (primary N) is 1. The molecule has 4 atom stereocenters. The molecule has 5 fully saturated rings. The van der Waals surface area contributed by atoms with E-state index in [0.717, 1.165) is 40.7 Å². The standard InChI is InChI=1S/C39H39F5N8O4S/c1-19-11-38(8-7-22(52(38)13-19)16-55-37(53)50-10-9-39(43,44)17-50)18-56-36-48-31-28(35(49-36)51-14-20-3-4-21(15-51)47-20)32(54-2)30(42)27(29(31)41)23-5-6-25(40)33-26(23)24(12-45)34(46)57-33/h5-6,20-22,47H,1,3-4,7-11,13-18,46H2,2H3/t20?,21?,22-,38-/m0/s1. The van der Waals surface area contributed by atoms with Gasteiger partial charge in [-0.1, -0.05) is 18.2 Å². The van der Waals surface area contributed by atoms with Crippen molar-refractivity contribution in [2.24, 2.45) is 0 Å². The van der Waals surface area contributed by atoms with Gasteiger partial charge >= 0.3 is 12.1 Å². The average Bonchev–Trinajstić information content (AvgIpc) is 3.98. The first-order valence-corrected chi connectivity index (χ1v) is 19.7. The predicted octanol–water partition coefficient (Wildman–Crippen LogP) is 6.35. The molecule has 0 aliphatic carbocycles. The third-order valence-corrected chi connectivity index (χ3v) is 13.2. The fourth-order valence-electron chi connectivity index (χ4n) is 9.53. The molecule has 5 aliphatic heterocycles. The highest BCUT2D eigenvalue weighted by atomic mass is 32.1. The Labute approximate surface area is 327 Å². The van der Waals surface area contributed by atoms with Gasteiger partial charge in [-0.2, -0.15) is 15.2 Å². The van der Waals surface area contributed by atoms with Crippen LogP contribution in [0.2, 0.25) is 0 Å². The molecule has 5 aliphatic rings. The van der Waals surface area contributed by atoms with Gasteiger partial charge in [-0.25, -0.2) is 26.7 Å². The van der Waals surface area contributed by atoms with E-state index in [-0.39, 0.29) is 92.6 Å². The lowest BCUT2D eigenvalue weighted by Crippen LogP contribution is -2.51. The first-order chi connectivity index (χ1) is 27.3. The van der Waals surface area contributed by atoms with Crippen molar-refractivity contribution in [1.29, 1.82) is 5.26 Å². The molecule has 1 amide bonds. The van der Waals surface area contributed by atoms with Gasteiger partial charge in [0.1, 0.15) is 41.4 Å². The van der Waals surface area contributed by atoms with Gasteiger partial charge in [-0.05, 0) is 43.7 Å². The number of rotatable bonds is 8. The van der Waals surface area contributed by atoms with Crippen LogP contribution in [0, 0.1) is 28.8 Å². The summed E-state index contributed by atoms with van der Waals surface area (Å²) in [5.74, 6) is -5.88. The highest BCUT2D eigenvalue weighted by molar-refractivity contribution is 7.23. The van der Waals surface area contributed by atoms with Crippen molar-refractivity contribution in [3.8, 4) is 29.0 Å². The second-order valence-electron chi connectivity index (χ2n) is 15.7. The normalized spacial score (nSPS) is 25.4. The molecular weight excluding hydrogens is 772 g/mol. The molecule has 4 aromatic rings. The van der Waals surface area contributed by atoms with Gasteiger partial charge in [0, 0.05) is 56.1 Å². The van der Waals surface area contributed by atoms with Crippen LogP contribution in [0.1, 0.15) is 44.1 Å². The molecule has 57 heavy (non-hydrogen) atoms. The van der Waals surface area contributed by atoms with Gasteiger partial charge in [-0.15, -0.1) is 11.3 Å². The van der Waals surface area contributed by atoms with Crippen LogP contribution < -0.4 is 25.4 Å². The third-order valence-electron chi connectivity index (χ3n) is 12.1. The molecule has 12 nitrogen and oxygen atoms in total. The fourth-order valence-corrected chi connectivity index (χ4v) is 10.5. The summed E-state index contributed by atoms with van der Waals surface area (Å²) in [6.45, 7) is 5.02. The Bertz CT molecular complexity index is 2380. The second kappa shape index (κ2) is 13.8. The number of nitriles is 1. The SMILES string of the molecule is C=C1CN2[C@H](COC(=O)N3CCC(F)(F)C3)CC[C@@]2(COc2nc(N3CC4CCC(C3)N4)c3c(OC)c(F)c(-c4ccc(F)c5sc(N)c(C#N)c45)c(F)c3n2)C1. The molecule has 300 valence electrons. The maximum Gasteiger partial charge on any atom is 0.410 e. The van der Waals surface area contributed by atoms with E-state index >= 15 is 13.2 Å². The lowest BCUT2D eigenvalue weighted by Gasteiger charge is -2.35. The number of hydrogen-bond donors (Lipinski definition) is 2. The van der Waals surface area contributed by atoms with Gasteiger partial charge in [0.25, 0.3) is 5.92 Å². The smallest absolute Gasteiger partial charge is 0.410 e. The number of nitrogens with one attached hydrogen (secondary N) is 1. The number of fused-ring (bicyclic) bond motifs is 5. The summed E-state index contributed by atoms with van der Waals surface area (Å²) in [5, 5.41) is 13.5. The number of thiophene rings is 1. The van der Waals surface area contributed by atoms with Gasteiger partial charge in [0.15, 0.2) is 17.4 Å². The van der Waals surface area contributed by atoms with Crippen LogP contribution in [-0.4, -0.2) is 108 Å². The van der Waals surface area contributed by atoms with Crippen LogP contribution in [0.4, 0.5) is 37.6 Å². The maximum atomic E-state index is 17.3. The Morgan fingerprint density at radius 3 is 2.60 bits per heavy atom. The molecule has 3 N–H and O–H groups in total. The number of piperazine rings is 1. The first-order valence-electron chi connectivity index (χ1n) is 18.8. The van der Waals surface area contributed by atoms with Crippen LogP contribution >= 0.6 is 11.3 Å². The number of benzene rings is 2. The number of carbonyl (C=O) groups is 1. The molecule has 2 aromatic heterocycles. The number of methoxy groups -OCH3 is 1.